The molecule has 0 saturated carbocycles. The Kier molecular flexibility index (Phi) is 10.4. The summed E-state index contributed by atoms with van der Waals surface area (Å²) >= 11 is 12.5. The minimum absolute atomic E-state index is 0.0590. The van der Waals surface area contributed by atoms with Gasteiger partial charge in [0.05, 0.1) is 20.4 Å². The van der Waals surface area contributed by atoms with E-state index >= 15 is 0 Å². The summed E-state index contributed by atoms with van der Waals surface area (Å²) < 4.78 is 15.5. The molecule has 244 valence electrons. The summed E-state index contributed by atoms with van der Waals surface area (Å²) in [6.07, 6.45) is 3.35. The fourth-order valence-corrected chi connectivity index (χ4v) is 7.42. The van der Waals surface area contributed by atoms with Crippen molar-refractivity contribution in [2.24, 2.45) is 5.41 Å². The summed E-state index contributed by atoms with van der Waals surface area (Å²) in [5.41, 5.74) is 5.73. The van der Waals surface area contributed by atoms with Crippen LogP contribution in [-0.4, -0.2) is 59.7 Å². The third kappa shape index (κ3) is 7.57. The number of rotatable bonds is 9. The number of halogens is 2. The van der Waals surface area contributed by atoms with Crippen molar-refractivity contribution in [3.05, 3.63) is 97.0 Å². The molecular weight excluding hydrogens is 645 g/mol. The largest absolute Gasteiger partial charge is 0.382 e. The van der Waals surface area contributed by atoms with Crippen LogP contribution in [0.1, 0.15) is 54.6 Å². The number of carbonyl (C=O) groups is 1. The van der Waals surface area contributed by atoms with Gasteiger partial charge in [0, 0.05) is 56.5 Å². The van der Waals surface area contributed by atoms with E-state index < -0.39 is 21.8 Å². The lowest BCUT2D eigenvalue weighted by atomic mass is 9.72. The average molecular weight is 685 g/mol. The number of allylic oxidation sites excluding steroid dienone is 1. The molecule has 3 aromatic rings. The molecule has 12 heteroatoms. The first kappa shape index (κ1) is 33.9. The number of hydrogen-bond acceptors (Lipinski definition) is 7. The number of carbonyl (C=O) groups excluding carboxylic acids is 1. The highest BCUT2D eigenvalue weighted by Crippen LogP contribution is 2.43. The highest BCUT2D eigenvalue weighted by molar-refractivity contribution is 7.83. The molecule has 1 saturated heterocycles. The first-order valence-electron chi connectivity index (χ1n) is 15.3. The van der Waals surface area contributed by atoms with Gasteiger partial charge in [-0.05, 0) is 84.7 Å². The maximum atomic E-state index is 13.0. The monoisotopic (exact) mass is 683 g/mol. The highest BCUT2D eigenvalue weighted by atomic mass is 35.5. The first-order chi connectivity index (χ1) is 21.9. The fraction of sp³-hybridized carbons (Fsp3) is 0.382. The molecule has 0 radical (unpaired) electrons. The molecule has 3 aromatic carbocycles. The van der Waals surface area contributed by atoms with E-state index in [2.05, 4.69) is 45.8 Å². The van der Waals surface area contributed by atoms with Gasteiger partial charge >= 0.3 is 0 Å². The van der Waals surface area contributed by atoms with Crippen molar-refractivity contribution in [1.82, 2.24) is 9.62 Å². The summed E-state index contributed by atoms with van der Waals surface area (Å²) in [4.78, 5) is 29.2. The number of benzene rings is 3. The Morgan fingerprint density at radius 3 is 2.30 bits per heavy atom. The van der Waals surface area contributed by atoms with Gasteiger partial charge < -0.3 is 10.2 Å². The molecular formula is C34H39Cl2N5O4S. The van der Waals surface area contributed by atoms with Crippen LogP contribution in [0.25, 0.3) is 5.57 Å². The van der Waals surface area contributed by atoms with Gasteiger partial charge in [-0.1, -0.05) is 54.8 Å². The smallest absolute Gasteiger partial charge is 0.293 e. The molecule has 1 heterocycles. The van der Waals surface area contributed by atoms with Crippen molar-refractivity contribution < 1.29 is 13.9 Å². The van der Waals surface area contributed by atoms with Crippen molar-refractivity contribution in [3.63, 3.8) is 0 Å². The quantitative estimate of drug-likeness (QED) is 0.178. The Labute approximate surface area is 282 Å². The van der Waals surface area contributed by atoms with E-state index in [0.29, 0.717) is 10.5 Å². The Balaban J connectivity index is 1.21. The number of nitrogens with one attached hydrogen (secondary N) is 2. The second-order valence-corrected chi connectivity index (χ2v) is 14.7. The predicted molar refractivity (Wildman–Crippen MR) is 187 cm³/mol. The zero-order valence-electron chi connectivity index (χ0n) is 26.5. The van der Waals surface area contributed by atoms with Gasteiger partial charge in [0.2, 0.25) is 0 Å². The molecule has 1 unspecified atom stereocenters. The second-order valence-electron chi connectivity index (χ2n) is 12.7. The maximum absolute atomic E-state index is 13.0. The SMILES string of the molecule is CNc1c([N+](=O)[O-])cc(C(=O)NS(=O)c2ccc(N3CCN(CC4=C(c5ccc(Cl)cc5)CC(C)(C)CC4)CC3)cc2)c(Cl)c1C. The molecule has 5 rings (SSSR count). The molecule has 2 aliphatic rings. The number of amides is 1. The Morgan fingerprint density at radius 2 is 1.70 bits per heavy atom. The van der Waals surface area contributed by atoms with Gasteiger partial charge in [0.15, 0.2) is 11.0 Å². The zero-order valence-corrected chi connectivity index (χ0v) is 28.8. The van der Waals surface area contributed by atoms with Crippen LogP contribution < -0.4 is 14.9 Å². The molecule has 1 amide bonds. The highest BCUT2D eigenvalue weighted by Gasteiger charge is 2.30. The van der Waals surface area contributed by atoms with Crippen molar-refractivity contribution in [2.75, 3.05) is 50.0 Å². The number of nitrogens with zero attached hydrogens (tertiary/aromatic N) is 3. The van der Waals surface area contributed by atoms with Crippen molar-refractivity contribution in [2.45, 2.75) is 44.9 Å². The van der Waals surface area contributed by atoms with Crippen LogP contribution in [0, 0.1) is 22.5 Å². The molecule has 1 fully saturated rings. The van der Waals surface area contributed by atoms with Gasteiger partial charge in [0.1, 0.15) is 5.69 Å². The van der Waals surface area contributed by atoms with Crippen LogP contribution in [0.5, 0.6) is 0 Å². The van der Waals surface area contributed by atoms with Crippen LogP contribution in [0.3, 0.4) is 0 Å². The van der Waals surface area contributed by atoms with Crippen LogP contribution in [0.4, 0.5) is 17.1 Å². The van der Waals surface area contributed by atoms with Gasteiger partial charge in [-0.3, -0.25) is 24.5 Å². The fourth-order valence-electron chi connectivity index (χ4n) is 6.28. The summed E-state index contributed by atoms with van der Waals surface area (Å²) in [6, 6.07) is 16.6. The Bertz CT molecular complexity index is 1690. The molecule has 46 heavy (non-hydrogen) atoms. The first-order valence-corrected chi connectivity index (χ1v) is 17.2. The Morgan fingerprint density at radius 1 is 1.04 bits per heavy atom. The third-order valence-corrected chi connectivity index (χ3v) is 10.7. The molecule has 0 spiro atoms. The van der Waals surface area contributed by atoms with Crippen LogP contribution >= 0.6 is 23.2 Å². The number of hydrogen-bond donors (Lipinski definition) is 2. The summed E-state index contributed by atoms with van der Waals surface area (Å²) in [6.45, 7) is 10.8. The number of piperazine rings is 1. The molecule has 2 N–H and O–H groups in total. The van der Waals surface area contributed by atoms with E-state index in [4.69, 9.17) is 23.2 Å². The minimum Gasteiger partial charge on any atom is -0.382 e. The summed E-state index contributed by atoms with van der Waals surface area (Å²) in [7, 11) is -0.346. The molecule has 1 aliphatic heterocycles. The lowest BCUT2D eigenvalue weighted by Gasteiger charge is -2.39. The molecule has 0 bridgehead atoms. The number of nitro benzene ring substituents is 1. The molecule has 9 nitrogen and oxygen atoms in total. The van der Waals surface area contributed by atoms with Crippen molar-refractivity contribution in [3.8, 4) is 0 Å². The molecule has 0 aromatic heterocycles. The normalized spacial score (nSPS) is 17.5. The topological polar surface area (TPSA) is 108 Å². The van der Waals surface area contributed by atoms with Gasteiger partial charge in [-0.15, -0.1) is 0 Å². The van der Waals surface area contributed by atoms with Gasteiger partial charge in [-0.2, -0.15) is 0 Å². The van der Waals surface area contributed by atoms with Crippen LogP contribution in [-0.2, 0) is 11.0 Å². The van der Waals surface area contributed by atoms with E-state index in [-0.39, 0.29) is 27.4 Å². The van der Waals surface area contributed by atoms with E-state index in [1.165, 1.54) is 23.1 Å². The molecule has 1 aliphatic carbocycles. The standard InChI is InChI=1S/C34H39Cl2N5O4S/c1-22-31(36)28(19-30(41(43)44)32(22)37-4)33(42)38-46(45)27-11-9-26(10-12-27)40-17-15-39(16-18-40)21-24-13-14-34(2,3)20-29(24)23-5-7-25(35)8-6-23/h5-12,19,37H,13-18,20-21H2,1-4H3,(H,38,42). The van der Waals surface area contributed by atoms with E-state index in [9.17, 15) is 19.1 Å². The van der Waals surface area contributed by atoms with Crippen LogP contribution in [0.2, 0.25) is 10.0 Å². The maximum Gasteiger partial charge on any atom is 0.293 e. The van der Waals surface area contributed by atoms with E-state index in [1.807, 2.05) is 24.3 Å². The second kappa shape index (κ2) is 14.1. The van der Waals surface area contributed by atoms with E-state index in [0.717, 1.165) is 62.3 Å². The minimum atomic E-state index is -1.89. The summed E-state index contributed by atoms with van der Waals surface area (Å²) in [5.74, 6) is -0.756. The predicted octanol–water partition coefficient (Wildman–Crippen LogP) is 7.49. The van der Waals surface area contributed by atoms with Gasteiger partial charge in [0.25, 0.3) is 11.6 Å². The molecule has 1 atom stereocenters. The lowest BCUT2D eigenvalue weighted by molar-refractivity contribution is -0.384. The summed E-state index contributed by atoms with van der Waals surface area (Å²) in [5, 5.41) is 15.1. The van der Waals surface area contributed by atoms with Gasteiger partial charge in [-0.25, -0.2) is 4.21 Å². The zero-order chi connectivity index (χ0) is 33.2. The number of anilines is 2. The van der Waals surface area contributed by atoms with E-state index in [1.54, 1.807) is 26.1 Å². The average Bonchev–Trinajstić information content (AvgIpc) is 3.03. The Hall–Kier alpha value is -3.44. The number of nitro groups is 1. The lowest BCUT2D eigenvalue weighted by Crippen LogP contribution is -2.47. The van der Waals surface area contributed by atoms with Crippen molar-refractivity contribution >= 4 is 62.7 Å². The van der Waals surface area contributed by atoms with Crippen LogP contribution in [0.15, 0.2) is 65.1 Å². The van der Waals surface area contributed by atoms with Crippen molar-refractivity contribution in [1.29, 1.82) is 0 Å². The third-order valence-electron chi connectivity index (χ3n) is 8.94.